The molecule has 3 heteroatoms. The molecule has 0 radical (unpaired) electrons. The zero-order valence-electron chi connectivity index (χ0n) is 10.8. The maximum atomic E-state index is 12.1. The summed E-state index contributed by atoms with van der Waals surface area (Å²) in [5.41, 5.74) is -1.11. The van der Waals surface area contributed by atoms with E-state index in [4.69, 9.17) is 9.47 Å². The monoisotopic (exact) mass is 226 g/mol. The smallest absolute Gasteiger partial charge is 0.339 e. The standard InChI is InChI=1S/C13H22O3/c1-5-12(6-2)9-13(10(14)15-12)8-7-11(3,4)16-13/h5-9H2,1-4H3. The van der Waals surface area contributed by atoms with Crippen LogP contribution in [0.25, 0.3) is 0 Å². The zero-order chi connectivity index (χ0) is 12.0. The van der Waals surface area contributed by atoms with Crippen LogP contribution in [-0.2, 0) is 14.3 Å². The molecule has 92 valence electrons. The van der Waals surface area contributed by atoms with Crippen molar-refractivity contribution in [2.24, 2.45) is 0 Å². The van der Waals surface area contributed by atoms with Gasteiger partial charge in [-0.15, -0.1) is 0 Å². The molecule has 3 nitrogen and oxygen atoms in total. The average molecular weight is 226 g/mol. The van der Waals surface area contributed by atoms with Crippen LogP contribution in [0, 0.1) is 0 Å². The first kappa shape index (κ1) is 11.9. The molecule has 1 atom stereocenters. The van der Waals surface area contributed by atoms with Crippen molar-refractivity contribution in [2.75, 3.05) is 0 Å². The molecule has 1 spiro atoms. The van der Waals surface area contributed by atoms with Crippen LogP contribution >= 0.6 is 0 Å². The third-order valence-electron chi connectivity index (χ3n) is 4.18. The first-order chi connectivity index (χ1) is 7.37. The minimum atomic E-state index is -0.643. The van der Waals surface area contributed by atoms with Crippen molar-refractivity contribution in [3.8, 4) is 0 Å². The highest BCUT2D eigenvalue weighted by molar-refractivity contribution is 5.83. The van der Waals surface area contributed by atoms with Gasteiger partial charge in [-0.25, -0.2) is 4.79 Å². The minimum absolute atomic E-state index is 0.137. The summed E-state index contributed by atoms with van der Waals surface area (Å²) in [6, 6.07) is 0. The Morgan fingerprint density at radius 1 is 1.19 bits per heavy atom. The van der Waals surface area contributed by atoms with Gasteiger partial charge in [0.2, 0.25) is 0 Å². The van der Waals surface area contributed by atoms with Crippen molar-refractivity contribution in [1.29, 1.82) is 0 Å². The third kappa shape index (κ3) is 1.65. The Kier molecular flexibility index (Phi) is 2.57. The Balaban J connectivity index is 2.23. The molecule has 2 heterocycles. The van der Waals surface area contributed by atoms with E-state index in [9.17, 15) is 4.79 Å². The summed E-state index contributed by atoms with van der Waals surface area (Å²) >= 11 is 0. The van der Waals surface area contributed by atoms with Crippen molar-refractivity contribution in [3.63, 3.8) is 0 Å². The van der Waals surface area contributed by atoms with E-state index in [1.165, 1.54) is 0 Å². The van der Waals surface area contributed by atoms with E-state index in [-0.39, 0.29) is 17.2 Å². The number of rotatable bonds is 2. The molecule has 2 saturated heterocycles. The molecule has 0 amide bonds. The number of carbonyl (C=O) groups is 1. The van der Waals surface area contributed by atoms with E-state index in [0.29, 0.717) is 0 Å². The second-order valence-corrected chi connectivity index (χ2v) is 5.81. The van der Waals surface area contributed by atoms with Crippen LogP contribution in [-0.4, -0.2) is 22.8 Å². The number of hydrogen-bond donors (Lipinski definition) is 0. The van der Waals surface area contributed by atoms with Crippen molar-refractivity contribution >= 4 is 5.97 Å². The van der Waals surface area contributed by atoms with Gasteiger partial charge in [0.05, 0.1) is 5.60 Å². The SMILES string of the molecule is CCC1(CC)CC2(CCC(C)(C)O2)C(=O)O1. The number of esters is 1. The van der Waals surface area contributed by atoms with Gasteiger partial charge in [-0.1, -0.05) is 13.8 Å². The summed E-state index contributed by atoms with van der Waals surface area (Å²) in [6.45, 7) is 8.26. The fourth-order valence-corrected chi connectivity index (χ4v) is 2.96. The van der Waals surface area contributed by atoms with Gasteiger partial charge in [-0.2, -0.15) is 0 Å². The summed E-state index contributed by atoms with van der Waals surface area (Å²) in [4.78, 5) is 12.1. The van der Waals surface area contributed by atoms with E-state index in [0.717, 1.165) is 32.1 Å². The molecule has 2 aliphatic heterocycles. The van der Waals surface area contributed by atoms with Crippen LogP contribution in [0.5, 0.6) is 0 Å². The van der Waals surface area contributed by atoms with Crippen molar-refractivity contribution < 1.29 is 14.3 Å². The fourth-order valence-electron chi connectivity index (χ4n) is 2.96. The van der Waals surface area contributed by atoms with Crippen LogP contribution in [0.15, 0.2) is 0 Å². The van der Waals surface area contributed by atoms with Crippen LogP contribution < -0.4 is 0 Å². The average Bonchev–Trinajstić information content (AvgIpc) is 2.67. The molecular formula is C13H22O3. The Labute approximate surface area is 97.5 Å². The highest BCUT2D eigenvalue weighted by Gasteiger charge is 2.60. The molecule has 0 aromatic heterocycles. The molecule has 0 aromatic carbocycles. The van der Waals surface area contributed by atoms with E-state index in [2.05, 4.69) is 13.8 Å². The zero-order valence-corrected chi connectivity index (χ0v) is 10.8. The van der Waals surface area contributed by atoms with E-state index in [1.807, 2.05) is 13.8 Å². The van der Waals surface area contributed by atoms with Gasteiger partial charge >= 0.3 is 5.97 Å². The van der Waals surface area contributed by atoms with Gasteiger partial charge < -0.3 is 9.47 Å². The number of cyclic esters (lactones) is 1. The molecule has 16 heavy (non-hydrogen) atoms. The lowest BCUT2D eigenvalue weighted by Gasteiger charge is -2.26. The maximum Gasteiger partial charge on any atom is 0.339 e. The molecule has 1 unspecified atom stereocenters. The Morgan fingerprint density at radius 2 is 1.81 bits per heavy atom. The van der Waals surface area contributed by atoms with E-state index < -0.39 is 5.60 Å². The largest absolute Gasteiger partial charge is 0.457 e. The summed E-state index contributed by atoms with van der Waals surface area (Å²) in [6.07, 6.45) is 4.23. The molecular weight excluding hydrogens is 204 g/mol. The molecule has 2 rings (SSSR count). The van der Waals surface area contributed by atoms with Gasteiger partial charge in [-0.3, -0.25) is 0 Å². The highest BCUT2D eigenvalue weighted by atomic mass is 16.6. The summed E-state index contributed by atoms with van der Waals surface area (Å²) < 4.78 is 11.6. The van der Waals surface area contributed by atoms with E-state index >= 15 is 0 Å². The topological polar surface area (TPSA) is 35.5 Å². The lowest BCUT2D eigenvalue weighted by molar-refractivity contribution is -0.166. The lowest BCUT2D eigenvalue weighted by atomic mass is 9.85. The second kappa shape index (κ2) is 3.46. The molecule has 2 aliphatic rings. The Morgan fingerprint density at radius 3 is 2.19 bits per heavy atom. The summed E-state index contributed by atoms with van der Waals surface area (Å²) in [5.74, 6) is -0.137. The normalized spacial score (nSPS) is 35.6. The van der Waals surface area contributed by atoms with Crippen molar-refractivity contribution in [3.05, 3.63) is 0 Å². The summed E-state index contributed by atoms with van der Waals surface area (Å²) in [5, 5.41) is 0. The van der Waals surface area contributed by atoms with Gasteiger partial charge in [0.1, 0.15) is 5.60 Å². The van der Waals surface area contributed by atoms with Crippen LogP contribution in [0.2, 0.25) is 0 Å². The van der Waals surface area contributed by atoms with Gasteiger partial charge in [0.15, 0.2) is 5.60 Å². The van der Waals surface area contributed by atoms with Gasteiger partial charge in [0, 0.05) is 6.42 Å². The predicted molar refractivity (Wildman–Crippen MR) is 61.2 cm³/mol. The predicted octanol–water partition coefficient (Wildman–Crippen LogP) is 2.82. The molecule has 0 bridgehead atoms. The van der Waals surface area contributed by atoms with E-state index in [1.54, 1.807) is 0 Å². The van der Waals surface area contributed by atoms with Gasteiger partial charge in [0.25, 0.3) is 0 Å². The molecule has 0 aromatic rings. The lowest BCUT2D eigenvalue weighted by Crippen LogP contribution is -2.37. The quantitative estimate of drug-likeness (QED) is 0.679. The Bertz CT molecular complexity index is 304. The molecule has 2 fully saturated rings. The minimum Gasteiger partial charge on any atom is -0.457 e. The van der Waals surface area contributed by atoms with Gasteiger partial charge in [-0.05, 0) is 39.5 Å². The highest BCUT2D eigenvalue weighted by Crippen LogP contribution is 2.50. The third-order valence-corrected chi connectivity index (χ3v) is 4.18. The number of hydrogen-bond acceptors (Lipinski definition) is 3. The van der Waals surface area contributed by atoms with Crippen LogP contribution in [0.1, 0.15) is 59.8 Å². The maximum absolute atomic E-state index is 12.1. The molecule has 0 N–H and O–H groups in total. The first-order valence-electron chi connectivity index (χ1n) is 6.31. The second-order valence-electron chi connectivity index (χ2n) is 5.81. The number of carbonyl (C=O) groups excluding carboxylic acids is 1. The fraction of sp³-hybridized carbons (Fsp3) is 0.923. The molecule has 0 aliphatic carbocycles. The van der Waals surface area contributed by atoms with Crippen LogP contribution in [0.3, 0.4) is 0 Å². The number of ether oxygens (including phenoxy) is 2. The van der Waals surface area contributed by atoms with Crippen molar-refractivity contribution in [2.45, 2.75) is 76.6 Å². The first-order valence-corrected chi connectivity index (χ1v) is 6.31. The van der Waals surface area contributed by atoms with Crippen LogP contribution in [0.4, 0.5) is 0 Å². The molecule has 0 saturated carbocycles. The summed E-state index contributed by atoms with van der Waals surface area (Å²) in [7, 11) is 0. The van der Waals surface area contributed by atoms with Crippen molar-refractivity contribution in [1.82, 2.24) is 0 Å². The Hall–Kier alpha value is -0.570.